The molecule has 3 nitrogen and oxygen atoms in total. The molecule has 0 bridgehead atoms. The summed E-state index contributed by atoms with van der Waals surface area (Å²) >= 11 is 0. The average Bonchev–Trinajstić information content (AvgIpc) is 3.11. The van der Waals surface area contributed by atoms with Gasteiger partial charge in [-0.25, -0.2) is 0 Å². The molecule has 2 heterocycles. The van der Waals surface area contributed by atoms with E-state index >= 15 is 0 Å². The van der Waals surface area contributed by atoms with Gasteiger partial charge in [-0.3, -0.25) is 0 Å². The lowest BCUT2D eigenvalue weighted by Crippen LogP contribution is -2.38. The van der Waals surface area contributed by atoms with E-state index in [0.29, 0.717) is 5.92 Å². The Bertz CT molecular complexity index is 606. The quantitative estimate of drug-likeness (QED) is 0.699. The van der Waals surface area contributed by atoms with Crippen molar-refractivity contribution in [3.63, 3.8) is 0 Å². The van der Waals surface area contributed by atoms with E-state index in [1.54, 1.807) is 6.26 Å². The van der Waals surface area contributed by atoms with E-state index in [1.807, 2.05) is 12.1 Å². The average molecular weight is 341 g/mol. The number of furan rings is 1. The molecule has 0 spiro atoms. The molecule has 0 saturated carbocycles. The summed E-state index contributed by atoms with van der Waals surface area (Å²) in [4.78, 5) is 0. The molecule has 0 aliphatic carbocycles. The van der Waals surface area contributed by atoms with Crippen LogP contribution in [0, 0.1) is 11.8 Å². The van der Waals surface area contributed by atoms with Gasteiger partial charge in [0, 0.05) is 6.61 Å². The fourth-order valence-corrected chi connectivity index (χ4v) is 4.01. The summed E-state index contributed by atoms with van der Waals surface area (Å²) in [6, 6.07) is 14.9. The van der Waals surface area contributed by atoms with Crippen molar-refractivity contribution >= 4 is 0 Å². The van der Waals surface area contributed by atoms with Gasteiger partial charge in [-0.1, -0.05) is 30.3 Å². The van der Waals surface area contributed by atoms with Crippen LogP contribution in [0.15, 0.2) is 53.1 Å². The highest BCUT2D eigenvalue weighted by atomic mass is 16.5. The molecular formula is C22H31NO2. The van der Waals surface area contributed by atoms with Crippen LogP contribution in [0.5, 0.6) is 0 Å². The zero-order valence-corrected chi connectivity index (χ0v) is 15.5. The summed E-state index contributed by atoms with van der Waals surface area (Å²) in [5.74, 6) is 2.43. The first-order chi connectivity index (χ1) is 12.1. The monoisotopic (exact) mass is 341 g/mol. The molecule has 1 fully saturated rings. The smallest absolute Gasteiger partial charge is 0.117 e. The number of hydrogen-bond acceptors (Lipinski definition) is 3. The predicted octanol–water partition coefficient (Wildman–Crippen LogP) is 4.82. The van der Waals surface area contributed by atoms with Gasteiger partial charge in [-0.2, -0.15) is 0 Å². The highest BCUT2D eigenvalue weighted by Gasteiger charge is 2.33. The van der Waals surface area contributed by atoms with Crippen LogP contribution >= 0.6 is 0 Å². The Balaban J connectivity index is 1.57. The van der Waals surface area contributed by atoms with Gasteiger partial charge >= 0.3 is 0 Å². The van der Waals surface area contributed by atoms with Crippen LogP contribution in [0.3, 0.4) is 0 Å². The summed E-state index contributed by atoms with van der Waals surface area (Å²) < 4.78 is 11.3. The zero-order valence-electron chi connectivity index (χ0n) is 15.5. The van der Waals surface area contributed by atoms with Crippen molar-refractivity contribution in [2.24, 2.45) is 11.8 Å². The van der Waals surface area contributed by atoms with Crippen LogP contribution in [0.25, 0.3) is 0 Å². The van der Waals surface area contributed by atoms with Crippen molar-refractivity contribution < 1.29 is 9.15 Å². The Morgan fingerprint density at radius 1 is 1.16 bits per heavy atom. The second-order valence-corrected chi connectivity index (χ2v) is 7.86. The van der Waals surface area contributed by atoms with Crippen LogP contribution in [0.2, 0.25) is 0 Å². The summed E-state index contributed by atoms with van der Waals surface area (Å²) in [6.07, 6.45) is 6.42. The molecule has 1 saturated heterocycles. The van der Waals surface area contributed by atoms with E-state index in [4.69, 9.17) is 9.15 Å². The molecule has 1 aliphatic rings. The van der Waals surface area contributed by atoms with Gasteiger partial charge in [0.15, 0.2) is 0 Å². The minimum atomic E-state index is 0.0133. The van der Waals surface area contributed by atoms with Gasteiger partial charge in [0.1, 0.15) is 5.76 Å². The molecule has 2 unspecified atom stereocenters. The molecule has 3 rings (SSSR count). The molecule has 1 aromatic carbocycles. The molecule has 3 heteroatoms. The Morgan fingerprint density at radius 2 is 2.00 bits per heavy atom. The number of hydrogen-bond donors (Lipinski definition) is 1. The maximum atomic E-state index is 5.94. The second-order valence-electron chi connectivity index (χ2n) is 7.86. The third kappa shape index (κ3) is 5.72. The molecule has 1 N–H and O–H groups in total. The lowest BCUT2D eigenvalue weighted by molar-refractivity contribution is -0.0830. The van der Waals surface area contributed by atoms with Crippen molar-refractivity contribution in [2.75, 3.05) is 13.2 Å². The molecule has 1 aromatic heterocycles. The van der Waals surface area contributed by atoms with E-state index in [9.17, 15) is 0 Å². The Labute approximate surface area is 151 Å². The number of benzene rings is 1. The highest BCUT2D eigenvalue weighted by Crippen LogP contribution is 2.36. The first kappa shape index (κ1) is 18.2. The third-order valence-electron chi connectivity index (χ3n) is 5.31. The lowest BCUT2D eigenvalue weighted by Gasteiger charge is -2.39. The van der Waals surface area contributed by atoms with Crippen LogP contribution in [-0.2, 0) is 17.7 Å². The van der Waals surface area contributed by atoms with Crippen LogP contribution in [-0.4, -0.2) is 18.8 Å². The van der Waals surface area contributed by atoms with Crippen LogP contribution in [0.1, 0.15) is 44.4 Å². The van der Waals surface area contributed by atoms with Gasteiger partial charge in [0.05, 0.1) is 18.4 Å². The first-order valence-electron chi connectivity index (χ1n) is 9.53. The minimum absolute atomic E-state index is 0.0133. The van der Waals surface area contributed by atoms with Crippen molar-refractivity contribution in [2.45, 2.75) is 51.7 Å². The molecular weight excluding hydrogens is 310 g/mol. The predicted molar refractivity (Wildman–Crippen MR) is 101 cm³/mol. The molecule has 136 valence electrons. The number of nitrogens with one attached hydrogen (secondary N) is 1. The Kier molecular flexibility index (Phi) is 6.33. The molecule has 2 atom stereocenters. The topological polar surface area (TPSA) is 34.4 Å². The molecule has 1 aliphatic heterocycles. The highest BCUT2D eigenvalue weighted by molar-refractivity contribution is 5.15. The van der Waals surface area contributed by atoms with Crippen molar-refractivity contribution in [1.82, 2.24) is 5.32 Å². The van der Waals surface area contributed by atoms with Gasteiger partial charge in [0.25, 0.3) is 0 Å². The van der Waals surface area contributed by atoms with E-state index < -0.39 is 0 Å². The summed E-state index contributed by atoms with van der Waals surface area (Å²) in [5.41, 5.74) is 1.46. The van der Waals surface area contributed by atoms with Crippen LogP contribution in [0.4, 0.5) is 0 Å². The van der Waals surface area contributed by atoms with Crippen molar-refractivity contribution in [3.8, 4) is 0 Å². The normalized spacial score (nSPS) is 21.1. The van der Waals surface area contributed by atoms with Crippen molar-refractivity contribution in [3.05, 3.63) is 60.1 Å². The number of rotatable bonds is 8. The second kappa shape index (κ2) is 8.68. The molecule has 2 aromatic rings. The third-order valence-corrected chi connectivity index (χ3v) is 5.31. The van der Waals surface area contributed by atoms with E-state index in [2.05, 4.69) is 49.5 Å². The Morgan fingerprint density at radius 3 is 2.72 bits per heavy atom. The molecule has 0 radical (unpaired) electrons. The van der Waals surface area contributed by atoms with Gasteiger partial charge < -0.3 is 14.5 Å². The molecule has 25 heavy (non-hydrogen) atoms. The zero-order chi connectivity index (χ0) is 17.5. The first-order valence-corrected chi connectivity index (χ1v) is 9.53. The summed E-state index contributed by atoms with van der Waals surface area (Å²) in [7, 11) is 0. The number of ether oxygens (including phenoxy) is 1. The van der Waals surface area contributed by atoms with E-state index in [0.717, 1.165) is 44.2 Å². The van der Waals surface area contributed by atoms with E-state index in [-0.39, 0.29) is 5.60 Å². The van der Waals surface area contributed by atoms with Gasteiger partial charge in [-0.05, 0) is 75.6 Å². The lowest BCUT2D eigenvalue weighted by atomic mass is 9.76. The summed E-state index contributed by atoms with van der Waals surface area (Å²) in [6.45, 7) is 7.19. The standard InChI is InChI=1S/C22H31NO2/c1-22(2)16-20(11-14-25-22)19(15-18-7-4-3-5-8-18)10-12-23-17-21-9-6-13-24-21/h3-9,13,19-20,23H,10-12,14-17H2,1-2H3. The molecule has 0 amide bonds. The van der Waals surface area contributed by atoms with Crippen LogP contribution < -0.4 is 5.32 Å². The summed E-state index contributed by atoms with van der Waals surface area (Å²) in [5, 5.41) is 3.54. The van der Waals surface area contributed by atoms with E-state index in [1.165, 1.54) is 18.4 Å². The Hall–Kier alpha value is -1.58. The SMILES string of the molecule is CC1(C)CC(C(CCNCc2ccco2)Cc2ccccc2)CCO1. The maximum Gasteiger partial charge on any atom is 0.117 e. The minimum Gasteiger partial charge on any atom is -0.468 e. The fraction of sp³-hybridized carbons (Fsp3) is 0.545. The van der Waals surface area contributed by atoms with Crippen molar-refractivity contribution in [1.29, 1.82) is 0 Å². The van der Waals surface area contributed by atoms with Gasteiger partial charge in [-0.15, -0.1) is 0 Å². The maximum absolute atomic E-state index is 5.94. The fourth-order valence-electron chi connectivity index (χ4n) is 4.01. The largest absolute Gasteiger partial charge is 0.468 e. The van der Waals surface area contributed by atoms with Gasteiger partial charge in [0.2, 0.25) is 0 Å².